The maximum absolute atomic E-state index is 11.8. The molecule has 0 aliphatic carbocycles. The number of fused-ring (bicyclic) bond motifs is 1. The Balaban J connectivity index is 2.15. The van der Waals surface area contributed by atoms with Gasteiger partial charge in [0, 0.05) is 0 Å². The number of nitrogens with zero attached hydrogens (tertiary/aromatic N) is 1. The van der Waals surface area contributed by atoms with E-state index in [1.165, 1.54) is 0 Å². The predicted molar refractivity (Wildman–Crippen MR) is 71.0 cm³/mol. The first-order valence-corrected chi connectivity index (χ1v) is 5.95. The number of benzene rings is 2. The molecule has 0 amide bonds. The highest BCUT2D eigenvalue weighted by Gasteiger charge is 2.11. The van der Waals surface area contributed by atoms with Crippen molar-refractivity contribution in [1.82, 2.24) is 4.57 Å². The fourth-order valence-electron chi connectivity index (χ4n) is 1.97. The molecular weight excluding hydrogens is 250 g/mol. The van der Waals surface area contributed by atoms with Crippen LogP contribution in [0.1, 0.15) is 5.56 Å². The lowest BCUT2D eigenvalue weighted by Crippen LogP contribution is -2.14. The van der Waals surface area contributed by atoms with E-state index in [4.69, 9.17) is 16.0 Å². The van der Waals surface area contributed by atoms with Crippen molar-refractivity contribution < 1.29 is 4.42 Å². The van der Waals surface area contributed by atoms with Gasteiger partial charge in [0.05, 0.1) is 17.1 Å². The Kier molecular flexibility index (Phi) is 2.68. The van der Waals surface area contributed by atoms with Crippen LogP contribution in [0.2, 0.25) is 5.02 Å². The van der Waals surface area contributed by atoms with Gasteiger partial charge in [-0.05, 0) is 17.7 Å². The molecule has 0 aliphatic rings. The molecule has 3 rings (SSSR count). The Morgan fingerprint density at radius 1 is 1.06 bits per heavy atom. The number of oxazole rings is 1. The number of rotatable bonds is 2. The lowest BCUT2D eigenvalue weighted by molar-refractivity contribution is 0.518. The van der Waals surface area contributed by atoms with Crippen LogP contribution in [0.5, 0.6) is 0 Å². The first kappa shape index (κ1) is 11.1. The van der Waals surface area contributed by atoms with Crippen LogP contribution in [0.25, 0.3) is 11.1 Å². The van der Waals surface area contributed by atoms with Crippen LogP contribution in [0.15, 0.2) is 57.7 Å². The molecule has 18 heavy (non-hydrogen) atoms. The molecule has 0 bridgehead atoms. The predicted octanol–water partition coefficient (Wildman–Crippen LogP) is 3.30. The maximum atomic E-state index is 11.8. The van der Waals surface area contributed by atoms with Crippen LogP contribution in [0, 0.1) is 0 Å². The van der Waals surface area contributed by atoms with Gasteiger partial charge in [-0.3, -0.25) is 4.57 Å². The Morgan fingerprint density at radius 2 is 1.83 bits per heavy atom. The van der Waals surface area contributed by atoms with Crippen molar-refractivity contribution in [3.63, 3.8) is 0 Å². The van der Waals surface area contributed by atoms with Gasteiger partial charge in [0.15, 0.2) is 5.58 Å². The molecule has 0 spiro atoms. The van der Waals surface area contributed by atoms with E-state index in [2.05, 4.69) is 0 Å². The van der Waals surface area contributed by atoms with Crippen LogP contribution >= 0.6 is 11.6 Å². The van der Waals surface area contributed by atoms with Crippen molar-refractivity contribution in [2.75, 3.05) is 0 Å². The molecule has 4 heteroatoms. The second-order valence-electron chi connectivity index (χ2n) is 4.03. The first-order valence-electron chi connectivity index (χ1n) is 5.57. The highest BCUT2D eigenvalue weighted by Crippen LogP contribution is 2.22. The van der Waals surface area contributed by atoms with E-state index in [0.29, 0.717) is 17.2 Å². The van der Waals surface area contributed by atoms with Crippen molar-refractivity contribution in [1.29, 1.82) is 0 Å². The van der Waals surface area contributed by atoms with Crippen molar-refractivity contribution >= 4 is 22.7 Å². The third-order valence-corrected chi connectivity index (χ3v) is 3.13. The maximum Gasteiger partial charge on any atom is 0.420 e. The summed E-state index contributed by atoms with van der Waals surface area (Å²) >= 11 is 6.00. The average Bonchev–Trinajstić information content (AvgIpc) is 2.70. The van der Waals surface area contributed by atoms with Gasteiger partial charge < -0.3 is 4.42 Å². The smallest absolute Gasteiger partial charge is 0.406 e. The van der Waals surface area contributed by atoms with Gasteiger partial charge in [0.1, 0.15) is 0 Å². The Hall–Kier alpha value is -2.00. The van der Waals surface area contributed by atoms with Crippen LogP contribution in [-0.4, -0.2) is 4.57 Å². The Labute approximate surface area is 108 Å². The van der Waals surface area contributed by atoms with Crippen molar-refractivity contribution in [3.8, 4) is 0 Å². The van der Waals surface area contributed by atoms with Gasteiger partial charge in [0.25, 0.3) is 0 Å². The summed E-state index contributed by atoms with van der Waals surface area (Å²) in [6, 6.07) is 15.1. The molecule has 3 nitrogen and oxygen atoms in total. The lowest BCUT2D eigenvalue weighted by Gasteiger charge is -2.02. The summed E-state index contributed by atoms with van der Waals surface area (Å²) in [6.45, 7) is 0.479. The number of para-hydroxylation sites is 1. The van der Waals surface area contributed by atoms with Crippen LogP contribution in [0.3, 0.4) is 0 Å². The van der Waals surface area contributed by atoms with Crippen LogP contribution in [-0.2, 0) is 6.54 Å². The summed E-state index contributed by atoms with van der Waals surface area (Å²) in [5, 5.41) is 0.455. The standard InChI is InChI=1S/C14H10ClNO2/c15-11-7-4-8-12-13(11)18-14(17)16(12)9-10-5-2-1-3-6-10/h1-8H,9H2. The molecule has 0 radical (unpaired) electrons. The fraction of sp³-hybridized carbons (Fsp3) is 0.0714. The van der Waals surface area contributed by atoms with E-state index in [1.54, 1.807) is 16.7 Å². The van der Waals surface area contributed by atoms with E-state index < -0.39 is 0 Å². The number of hydrogen-bond acceptors (Lipinski definition) is 2. The van der Waals surface area contributed by atoms with Gasteiger partial charge in [-0.1, -0.05) is 48.0 Å². The summed E-state index contributed by atoms with van der Waals surface area (Å²) < 4.78 is 6.76. The van der Waals surface area contributed by atoms with Crippen molar-refractivity contribution in [3.05, 3.63) is 69.7 Å². The SMILES string of the molecule is O=c1oc2c(Cl)cccc2n1Cc1ccccc1. The summed E-state index contributed by atoms with van der Waals surface area (Å²) in [6.07, 6.45) is 0. The summed E-state index contributed by atoms with van der Waals surface area (Å²) in [4.78, 5) is 11.8. The molecule has 0 fully saturated rings. The zero-order valence-electron chi connectivity index (χ0n) is 9.47. The molecule has 90 valence electrons. The van der Waals surface area contributed by atoms with Gasteiger partial charge >= 0.3 is 5.76 Å². The Morgan fingerprint density at radius 3 is 2.61 bits per heavy atom. The lowest BCUT2D eigenvalue weighted by atomic mass is 10.2. The van der Waals surface area contributed by atoms with E-state index >= 15 is 0 Å². The Bertz CT molecular complexity index is 743. The summed E-state index contributed by atoms with van der Waals surface area (Å²) in [7, 11) is 0. The molecule has 0 saturated heterocycles. The van der Waals surface area contributed by atoms with Gasteiger partial charge in [-0.2, -0.15) is 0 Å². The van der Waals surface area contributed by atoms with Crippen LogP contribution in [0.4, 0.5) is 0 Å². The minimum absolute atomic E-state index is 0.387. The molecule has 0 aliphatic heterocycles. The second kappa shape index (κ2) is 4.35. The number of aromatic nitrogens is 1. The van der Waals surface area contributed by atoms with Crippen molar-refractivity contribution in [2.45, 2.75) is 6.54 Å². The van der Waals surface area contributed by atoms with Crippen LogP contribution < -0.4 is 5.76 Å². The molecule has 0 atom stereocenters. The van der Waals surface area contributed by atoms with E-state index in [0.717, 1.165) is 11.1 Å². The molecule has 1 aromatic heterocycles. The first-order chi connectivity index (χ1) is 8.75. The molecule has 0 saturated carbocycles. The minimum atomic E-state index is -0.387. The zero-order chi connectivity index (χ0) is 12.5. The third kappa shape index (κ3) is 1.83. The van der Waals surface area contributed by atoms with Crippen molar-refractivity contribution in [2.24, 2.45) is 0 Å². The molecular formula is C14H10ClNO2. The molecule has 0 unspecified atom stereocenters. The monoisotopic (exact) mass is 259 g/mol. The normalized spacial score (nSPS) is 10.9. The van der Waals surface area contributed by atoms with E-state index in [-0.39, 0.29) is 5.76 Å². The molecule has 1 heterocycles. The average molecular weight is 260 g/mol. The number of hydrogen-bond donors (Lipinski definition) is 0. The molecule has 3 aromatic rings. The highest BCUT2D eigenvalue weighted by molar-refractivity contribution is 6.34. The number of halogens is 1. The molecule has 2 aromatic carbocycles. The largest absolute Gasteiger partial charge is 0.420 e. The van der Waals surface area contributed by atoms with Gasteiger partial charge in [-0.25, -0.2) is 4.79 Å². The highest BCUT2D eigenvalue weighted by atomic mass is 35.5. The molecule has 0 N–H and O–H groups in total. The minimum Gasteiger partial charge on any atom is -0.406 e. The van der Waals surface area contributed by atoms with E-state index in [9.17, 15) is 4.79 Å². The second-order valence-corrected chi connectivity index (χ2v) is 4.43. The summed E-state index contributed by atoms with van der Waals surface area (Å²) in [5.74, 6) is -0.387. The third-order valence-electron chi connectivity index (χ3n) is 2.83. The topological polar surface area (TPSA) is 35.1 Å². The zero-order valence-corrected chi connectivity index (χ0v) is 10.2. The van der Waals surface area contributed by atoms with Gasteiger partial charge in [0.2, 0.25) is 0 Å². The fourth-order valence-corrected chi connectivity index (χ4v) is 2.18. The van der Waals surface area contributed by atoms with E-state index in [1.807, 2.05) is 36.4 Å². The summed E-state index contributed by atoms with van der Waals surface area (Å²) in [5.41, 5.74) is 2.21. The quantitative estimate of drug-likeness (QED) is 0.708. The van der Waals surface area contributed by atoms with Gasteiger partial charge in [-0.15, -0.1) is 0 Å².